The van der Waals surface area contributed by atoms with Crippen molar-refractivity contribution in [1.82, 2.24) is 14.9 Å². The van der Waals surface area contributed by atoms with Crippen molar-refractivity contribution >= 4 is 45.1 Å². The fourth-order valence-electron chi connectivity index (χ4n) is 4.76. The fourth-order valence-corrected chi connectivity index (χ4v) is 5.58. The van der Waals surface area contributed by atoms with Gasteiger partial charge in [0.1, 0.15) is 0 Å². The van der Waals surface area contributed by atoms with Gasteiger partial charge < -0.3 is 15.2 Å². The van der Waals surface area contributed by atoms with E-state index in [1.54, 1.807) is 19.1 Å². The molecule has 3 N–H and O–H groups in total. The zero-order chi connectivity index (χ0) is 20.7. The number of amides is 2. The molecule has 0 radical (unpaired) electrons. The Labute approximate surface area is 178 Å². The number of fused-ring (bicyclic) bond motifs is 2. The molecule has 1 saturated heterocycles. The average Bonchev–Trinajstić information content (AvgIpc) is 3.49. The smallest absolute Gasteiger partial charge is 0.268 e. The SMILES string of the molecule is CCC(=O)Nc1ccc(C(=O)Nc2nc3ccccc3n2C2CC3CNCC3C2)s1. The Morgan fingerprint density at radius 3 is 2.67 bits per heavy atom. The maximum Gasteiger partial charge on any atom is 0.268 e. The minimum absolute atomic E-state index is 0.0631. The summed E-state index contributed by atoms with van der Waals surface area (Å²) in [7, 11) is 0. The van der Waals surface area contributed by atoms with E-state index in [1.807, 2.05) is 18.2 Å². The summed E-state index contributed by atoms with van der Waals surface area (Å²) in [5.74, 6) is 1.73. The predicted octanol–water partition coefficient (Wildman–Crippen LogP) is 3.87. The highest BCUT2D eigenvalue weighted by molar-refractivity contribution is 7.18. The molecule has 2 aliphatic rings. The van der Waals surface area contributed by atoms with Gasteiger partial charge in [-0.05, 0) is 62.0 Å². The summed E-state index contributed by atoms with van der Waals surface area (Å²) >= 11 is 1.27. The number of hydrogen-bond acceptors (Lipinski definition) is 5. The molecule has 1 aromatic carbocycles. The van der Waals surface area contributed by atoms with Crippen LogP contribution in [0.15, 0.2) is 36.4 Å². The van der Waals surface area contributed by atoms with Crippen LogP contribution in [0.5, 0.6) is 0 Å². The lowest BCUT2D eigenvalue weighted by Gasteiger charge is -2.18. The number of carbonyl (C=O) groups excluding carboxylic acids is 2. The molecule has 156 valence electrons. The number of carbonyl (C=O) groups is 2. The van der Waals surface area contributed by atoms with E-state index in [4.69, 9.17) is 4.98 Å². The van der Waals surface area contributed by atoms with Gasteiger partial charge in [-0.15, -0.1) is 11.3 Å². The minimum Gasteiger partial charge on any atom is -0.318 e. The molecule has 3 aromatic rings. The first kappa shape index (κ1) is 19.3. The van der Waals surface area contributed by atoms with E-state index in [1.165, 1.54) is 11.3 Å². The lowest BCUT2D eigenvalue weighted by molar-refractivity contribution is -0.115. The van der Waals surface area contributed by atoms with E-state index in [0.717, 1.165) is 37.0 Å². The van der Waals surface area contributed by atoms with Gasteiger partial charge in [-0.2, -0.15) is 0 Å². The number of hydrogen-bond donors (Lipinski definition) is 3. The van der Waals surface area contributed by atoms with E-state index >= 15 is 0 Å². The number of aromatic nitrogens is 2. The molecule has 8 heteroatoms. The van der Waals surface area contributed by atoms with Crippen LogP contribution in [0.4, 0.5) is 10.9 Å². The second-order valence-electron chi connectivity index (χ2n) is 8.12. The van der Waals surface area contributed by atoms with Crippen LogP contribution in [-0.4, -0.2) is 34.5 Å². The number of anilines is 2. The van der Waals surface area contributed by atoms with Crippen molar-refractivity contribution in [3.05, 3.63) is 41.3 Å². The third kappa shape index (κ3) is 3.50. The first-order chi connectivity index (χ1) is 14.6. The summed E-state index contributed by atoms with van der Waals surface area (Å²) in [4.78, 5) is 29.8. The topological polar surface area (TPSA) is 88.1 Å². The molecule has 2 aromatic heterocycles. The summed E-state index contributed by atoms with van der Waals surface area (Å²) in [6.45, 7) is 3.96. The molecule has 1 aliphatic heterocycles. The van der Waals surface area contributed by atoms with Gasteiger partial charge >= 0.3 is 0 Å². The van der Waals surface area contributed by atoms with Crippen LogP contribution in [0.1, 0.15) is 41.9 Å². The zero-order valence-electron chi connectivity index (χ0n) is 16.9. The first-order valence-corrected chi connectivity index (χ1v) is 11.3. The third-order valence-corrected chi connectivity index (χ3v) is 7.23. The number of imidazole rings is 1. The van der Waals surface area contributed by atoms with E-state index in [2.05, 4.69) is 26.6 Å². The van der Waals surface area contributed by atoms with E-state index in [-0.39, 0.29) is 11.8 Å². The number of benzene rings is 1. The number of nitrogens with zero attached hydrogens (tertiary/aromatic N) is 2. The summed E-state index contributed by atoms with van der Waals surface area (Å²) < 4.78 is 2.22. The molecule has 0 bridgehead atoms. The van der Waals surface area contributed by atoms with Crippen LogP contribution in [0.2, 0.25) is 0 Å². The molecule has 2 atom stereocenters. The molecule has 1 aliphatic carbocycles. The van der Waals surface area contributed by atoms with E-state index < -0.39 is 0 Å². The second-order valence-corrected chi connectivity index (χ2v) is 9.20. The fraction of sp³-hybridized carbons (Fsp3) is 0.409. The first-order valence-electron chi connectivity index (χ1n) is 10.5. The Kier molecular flexibility index (Phi) is 5.04. The van der Waals surface area contributed by atoms with Gasteiger partial charge in [0.2, 0.25) is 11.9 Å². The molecule has 1 saturated carbocycles. The van der Waals surface area contributed by atoms with Gasteiger partial charge in [0, 0.05) is 12.5 Å². The van der Waals surface area contributed by atoms with Crippen molar-refractivity contribution in [3.8, 4) is 0 Å². The largest absolute Gasteiger partial charge is 0.318 e. The van der Waals surface area contributed by atoms with E-state index in [9.17, 15) is 9.59 Å². The van der Waals surface area contributed by atoms with Gasteiger partial charge in [-0.1, -0.05) is 19.1 Å². The minimum atomic E-state index is -0.201. The number of para-hydroxylation sites is 2. The molecule has 2 unspecified atom stereocenters. The number of rotatable bonds is 5. The molecular formula is C22H25N5O2S. The average molecular weight is 424 g/mol. The molecule has 5 rings (SSSR count). The molecule has 3 heterocycles. The highest BCUT2D eigenvalue weighted by atomic mass is 32.1. The molecule has 2 fully saturated rings. The van der Waals surface area contributed by atoms with Crippen LogP contribution >= 0.6 is 11.3 Å². The predicted molar refractivity (Wildman–Crippen MR) is 119 cm³/mol. The second kappa shape index (κ2) is 7.85. The van der Waals surface area contributed by atoms with Crippen LogP contribution in [-0.2, 0) is 4.79 Å². The quantitative estimate of drug-likeness (QED) is 0.581. The standard InChI is InChI=1S/C22H25N5O2S/c1-2-19(28)25-20-8-7-18(30-20)21(29)26-22-24-16-5-3-4-6-17(16)27(22)15-9-13-11-23-12-14(13)10-15/h3-8,13-15,23H,2,9-12H2,1H3,(H,25,28)(H,24,26,29). The molecule has 30 heavy (non-hydrogen) atoms. The Bertz CT molecular complexity index is 1090. The molecular weight excluding hydrogens is 398 g/mol. The summed E-state index contributed by atoms with van der Waals surface area (Å²) in [6, 6.07) is 11.9. The number of nitrogens with one attached hydrogen (secondary N) is 3. The highest BCUT2D eigenvalue weighted by Crippen LogP contribution is 2.43. The maximum atomic E-state index is 12.9. The van der Waals surface area contributed by atoms with Crippen molar-refractivity contribution in [2.75, 3.05) is 23.7 Å². The lowest BCUT2D eigenvalue weighted by Crippen LogP contribution is -2.19. The highest BCUT2D eigenvalue weighted by Gasteiger charge is 2.39. The van der Waals surface area contributed by atoms with Crippen LogP contribution < -0.4 is 16.0 Å². The monoisotopic (exact) mass is 423 g/mol. The van der Waals surface area contributed by atoms with E-state index in [0.29, 0.717) is 40.1 Å². The summed E-state index contributed by atoms with van der Waals surface area (Å²) in [5.41, 5.74) is 1.96. The van der Waals surface area contributed by atoms with Crippen molar-refractivity contribution in [2.45, 2.75) is 32.2 Å². The Morgan fingerprint density at radius 2 is 1.90 bits per heavy atom. The van der Waals surface area contributed by atoms with Gasteiger partial charge in [0.05, 0.1) is 20.9 Å². The van der Waals surface area contributed by atoms with Crippen molar-refractivity contribution < 1.29 is 9.59 Å². The van der Waals surface area contributed by atoms with Gasteiger partial charge in [-0.25, -0.2) is 4.98 Å². The molecule has 0 spiro atoms. The third-order valence-electron chi connectivity index (χ3n) is 6.23. The van der Waals surface area contributed by atoms with Crippen molar-refractivity contribution in [3.63, 3.8) is 0 Å². The molecule has 2 amide bonds. The summed E-state index contributed by atoms with van der Waals surface area (Å²) in [6.07, 6.45) is 2.61. The van der Waals surface area contributed by atoms with Crippen LogP contribution in [0.3, 0.4) is 0 Å². The zero-order valence-corrected chi connectivity index (χ0v) is 17.7. The van der Waals surface area contributed by atoms with Crippen molar-refractivity contribution in [1.29, 1.82) is 0 Å². The maximum absolute atomic E-state index is 12.9. The summed E-state index contributed by atoms with van der Waals surface area (Å²) in [5, 5.41) is 10.0. The number of thiophene rings is 1. The Hall–Kier alpha value is -2.71. The Balaban J connectivity index is 1.42. The normalized spacial score (nSPS) is 22.9. The van der Waals surface area contributed by atoms with Crippen LogP contribution in [0, 0.1) is 11.8 Å². The molecule has 7 nitrogen and oxygen atoms in total. The van der Waals surface area contributed by atoms with Gasteiger partial charge in [0.25, 0.3) is 5.91 Å². The van der Waals surface area contributed by atoms with Gasteiger partial charge in [-0.3, -0.25) is 14.9 Å². The van der Waals surface area contributed by atoms with Crippen LogP contribution in [0.25, 0.3) is 11.0 Å². The Morgan fingerprint density at radius 1 is 1.13 bits per heavy atom. The van der Waals surface area contributed by atoms with Crippen molar-refractivity contribution in [2.24, 2.45) is 11.8 Å². The van der Waals surface area contributed by atoms with Gasteiger partial charge in [0.15, 0.2) is 0 Å². The lowest BCUT2D eigenvalue weighted by atomic mass is 10.0.